The lowest BCUT2D eigenvalue weighted by Gasteiger charge is -2.26. The topological polar surface area (TPSA) is 78.9 Å². The lowest BCUT2D eigenvalue weighted by Crippen LogP contribution is -2.37. The molecule has 1 aliphatic rings. The number of aliphatic hydroxyl groups is 1. The van der Waals surface area contributed by atoms with Crippen LogP contribution in [0.2, 0.25) is 0 Å². The average molecular weight is 278 g/mol. The third-order valence-electron chi connectivity index (χ3n) is 3.29. The number of nitrogens with zero attached hydrogens (tertiary/aromatic N) is 1. The first-order valence-corrected chi connectivity index (χ1v) is 6.46. The molecule has 2 N–H and O–H groups in total. The highest BCUT2D eigenvalue weighted by Gasteiger charge is 2.24. The normalized spacial score (nSPS) is 15.6. The number of hydrogen-bond acceptors (Lipinski definition) is 5. The van der Waals surface area contributed by atoms with Gasteiger partial charge in [0.05, 0.1) is 18.3 Å². The Morgan fingerprint density at radius 3 is 3.00 bits per heavy atom. The number of carbonyl (C=O) groups excluding carboxylic acids is 2. The van der Waals surface area contributed by atoms with E-state index in [4.69, 9.17) is 9.84 Å². The number of Topliss-reactive ketones (excluding diaryl/α,β-unsaturated/α-hetero) is 1. The Morgan fingerprint density at radius 1 is 1.55 bits per heavy atom. The van der Waals surface area contributed by atoms with E-state index in [0.717, 1.165) is 0 Å². The van der Waals surface area contributed by atoms with Crippen LogP contribution in [0.15, 0.2) is 18.2 Å². The van der Waals surface area contributed by atoms with Crippen molar-refractivity contribution in [3.8, 4) is 5.75 Å². The largest absolute Gasteiger partial charge is 0.482 e. The number of ketones is 1. The molecular formula is C14H18N2O4. The first-order chi connectivity index (χ1) is 9.54. The van der Waals surface area contributed by atoms with Crippen LogP contribution in [0.3, 0.4) is 0 Å². The summed E-state index contributed by atoms with van der Waals surface area (Å²) in [6.07, 6.45) is 0. The molecule has 1 amide bonds. The minimum atomic E-state index is -0.397. The minimum absolute atomic E-state index is 0.0191. The minimum Gasteiger partial charge on any atom is -0.482 e. The third-order valence-corrected chi connectivity index (χ3v) is 3.29. The Bertz CT molecular complexity index is 530. The lowest BCUT2D eigenvalue weighted by atomic mass is 10.0. The Morgan fingerprint density at radius 2 is 2.30 bits per heavy atom. The van der Waals surface area contributed by atoms with Gasteiger partial charge in [0, 0.05) is 19.2 Å². The summed E-state index contributed by atoms with van der Waals surface area (Å²) in [5.41, 5.74) is 1.10. The molecule has 0 bridgehead atoms. The summed E-state index contributed by atoms with van der Waals surface area (Å²) in [6.45, 7) is 2.10. The van der Waals surface area contributed by atoms with Gasteiger partial charge >= 0.3 is 0 Å². The molecule has 1 aliphatic heterocycles. The molecule has 1 aromatic rings. The first-order valence-electron chi connectivity index (χ1n) is 6.46. The maximum Gasteiger partial charge on any atom is 0.264 e. The van der Waals surface area contributed by atoms with Crippen LogP contribution >= 0.6 is 0 Å². The lowest BCUT2D eigenvalue weighted by molar-refractivity contribution is -0.120. The standard InChI is InChI=1S/C14H18N2O4/c1-9(15-5-6-17)14(19)10-3-4-12-11(7-10)16(2)13(18)8-20-12/h3-4,7,9,15,17H,5-6,8H2,1-2H3. The molecule has 0 aromatic heterocycles. The van der Waals surface area contributed by atoms with E-state index in [2.05, 4.69) is 5.32 Å². The average Bonchev–Trinajstić information content (AvgIpc) is 2.47. The molecule has 1 heterocycles. The summed E-state index contributed by atoms with van der Waals surface area (Å²) in [4.78, 5) is 25.3. The number of ether oxygens (including phenoxy) is 1. The zero-order chi connectivity index (χ0) is 14.7. The van der Waals surface area contributed by atoms with Crippen molar-refractivity contribution in [2.45, 2.75) is 13.0 Å². The molecule has 0 saturated heterocycles. The van der Waals surface area contributed by atoms with E-state index in [9.17, 15) is 9.59 Å². The van der Waals surface area contributed by atoms with Gasteiger partial charge in [0.1, 0.15) is 5.75 Å². The number of rotatable bonds is 5. The number of aliphatic hydroxyl groups excluding tert-OH is 1. The van der Waals surface area contributed by atoms with Crippen LogP contribution in [0.1, 0.15) is 17.3 Å². The number of likely N-dealkylation sites (N-methyl/N-ethyl adjacent to an activating group) is 1. The summed E-state index contributed by atoms with van der Waals surface area (Å²) in [6, 6.07) is 4.64. The van der Waals surface area contributed by atoms with Crippen LogP contribution in [0.25, 0.3) is 0 Å². The first kappa shape index (κ1) is 14.5. The van der Waals surface area contributed by atoms with E-state index < -0.39 is 6.04 Å². The molecule has 1 unspecified atom stereocenters. The molecule has 0 radical (unpaired) electrons. The van der Waals surface area contributed by atoms with Crippen molar-refractivity contribution < 1.29 is 19.4 Å². The molecule has 6 nitrogen and oxygen atoms in total. The molecule has 0 saturated carbocycles. The van der Waals surface area contributed by atoms with Crippen molar-refractivity contribution in [1.82, 2.24) is 5.32 Å². The monoisotopic (exact) mass is 278 g/mol. The van der Waals surface area contributed by atoms with E-state index in [1.54, 1.807) is 32.2 Å². The maximum absolute atomic E-state index is 12.2. The second-order valence-electron chi connectivity index (χ2n) is 4.69. The number of carbonyl (C=O) groups is 2. The highest BCUT2D eigenvalue weighted by Crippen LogP contribution is 2.32. The van der Waals surface area contributed by atoms with E-state index in [1.807, 2.05) is 0 Å². The van der Waals surface area contributed by atoms with Gasteiger partial charge in [-0.25, -0.2) is 0 Å². The van der Waals surface area contributed by atoms with Crippen molar-refractivity contribution in [3.63, 3.8) is 0 Å². The Hall–Kier alpha value is -1.92. The van der Waals surface area contributed by atoms with E-state index in [0.29, 0.717) is 23.5 Å². The summed E-state index contributed by atoms with van der Waals surface area (Å²) < 4.78 is 5.32. The van der Waals surface area contributed by atoms with Gasteiger partial charge < -0.3 is 20.1 Å². The van der Waals surface area contributed by atoms with Crippen LogP contribution in [-0.2, 0) is 4.79 Å². The predicted octanol–water partition coefficient (Wildman–Crippen LogP) is 0.195. The van der Waals surface area contributed by atoms with Gasteiger partial charge in [0.25, 0.3) is 5.91 Å². The van der Waals surface area contributed by atoms with E-state index in [-0.39, 0.29) is 24.9 Å². The molecule has 0 spiro atoms. The Kier molecular flexibility index (Phi) is 4.36. The fourth-order valence-electron chi connectivity index (χ4n) is 2.05. The van der Waals surface area contributed by atoms with Gasteiger partial charge in [-0.2, -0.15) is 0 Å². The van der Waals surface area contributed by atoms with Crippen LogP contribution in [-0.4, -0.2) is 49.6 Å². The molecule has 0 aliphatic carbocycles. The summed E-state index contributed by atoms with van der Waals surface area (Å²) in [5.74, 6) is 0.362. The molecule has 6 heteroatoms. The number of fused-ring (bicyclic) bond motifs is 1. The van der Waals surface area contributed by atoms with Crippen molar-refractivity contribution in [2.24, 2.45) is 0 Å². The summed E-state index contributed by atoms with van der Waals surface area (Å²) >= 11 is 0. The SMILES string of the molecule is CC(NCCO)C(=O)c1ccc2c(c1)N(C)C(=O)CO2. The summed E-state index contributed by atoms with van der Waals surface area (Å²) in [7, 11) is 1.66. The van der Waals surface area contributed by atoms with Gasteiger partial charge in [-0.3, -0.25) is 9.59 Å². The fourth-order valence-corrected chi connectivity index (χ4v) is 2.05. The summed E-state index contributed by atoms with van der Waals surface area (Å²) in [5, 5.41) is 11.7. The molecule has 20 heavy (non-hydrogen) atoms. The van der Waals surface area contributed by atoms with Gasteiger partial charge in [-0.05, 0) is 25.1 Å². The molecular weight excluding hydrogens is 260 g/mol. The highest BCUT2D eigenvalue weighted by atomic mass is 16.5. The van der Waals surface area contributed by atoms with Crippen molar-refractivity contribution >= 4 is 17.4 Å². The molecule has 108 valence electrons. The second kappa shape index (κ2) is 6.02. The molecule has 1 atom stereocenters. The molecule has 1 aromatic carbocycles. The number of amides is 1. The highest BCUT2D eigenvalue weighted by molar-refractivity contribution is 6.03. The number of benzene rings is 1. The Balaban J connectivity index is 2.22. The number of hydrogen-bond donors (Lipinski definition) is 2. The van der Waals surface area contributed by atoms with E-state index in [1.165, 1.54) is 4.90 Å². The third kappa shape index (κ3) is 2.81. The van der Waals surface area contributed by atoms with Crippen LogP contribution in [0.5, 0.6) is 5.75 Å². The zero-order valence-electron chi connectivity index (χ0n) is 11.5. The number of anilines is 1. The van der Waals surface area contributed by atoms with Crippen LogP contribution in [0, 0.1) is 0 Å². The van der Waals surface area contributed by atoms with Gasteiger partial charge in [0.15, 0.2) is 12.4 Å². The quantitative estimate of drug-likeness (QED) is 0.752. The van der Waals surface area contributed by atoms with Crippen molar-refractivity contribution in [2.75, 3.05) is 31.7 Å². The molecule has 2 rings (SSSR count). The van der Waals surface area contributed by atoms with Crippen molar-refractivity contribution in [1.29, 1.82) is 0 Å². The van der Waals surface area contributed by atoms with Gasteiger partial charge in [-0.1, -0.05) is 0 Å². The smallest absolute Gasteiger partial charge is 0.264 e. The van der Waals surface area contributed by atoms with E-state index >= 15 is 0 Å². The van der Waals surface area contributed by atoms with Gasteiger partial charge in [-0.15, -0.1) is 0 Å². The number of nitrogens with one attached hydrogen (secondary N) is 1. The van der Waals surface area contributed by atoms with Crippen LogP contribution in [0.4, 0.5) is 5.69 Å². The predicted molar refractivity (Wildman–Crippen MR) is 74.2 cm³/mol. The van der Waals surface area contributed by atoms with Crippen molar-refractivity contribution in [3.05, 3.63) is 23.8 Å². The Labute approximate surface area is 117 Å². The maximum atomic E-state index is 12.2. The van der Waals surface area contributed by atoms with Crippen LogP contribution < -0.4 is 15.0 Å². The zero-order valence-corrected chi connectivity index (χ0v) is 11.5. The molecule has 0 fully saturated rings. The fraction of sp³-hybridized carbons (Fsp3) is 0.429. The van der Waals surface area contributed by atoms with Gasteiger partial charge in [0.2, 0.25) is 0 Å². The second-order valence-corrected chi connectivity index (χ2v) is 4.69.